The van der Waals surface area contributed by atoms with Crippen LogP contribution in [0.4, 0.5) is 11.4 Å². The van der Waals surface area contributed by atoms with Gasteiger partial charge in [0.25, 0.3) is 0 Å². The van der Waals surface area contributed by atoms with Crippen LogP contribution < -0.4 is 20.0 Å². The number of carboxylic acids is 2. The molecule has 3 aromatic rings. The van der Waals surface area contributed by atoms with Crippen molar-refractivity contribution >= 4 is 35.1 Å². The van der Waals surface area contributed by atoms with Crippen LogP contribution in [0, 0.1) is 11.8 Å². The van der Waals surface area contributed by atoms with Gasteiger partial charge in [-0.3, -0.25) is 9.59 Å². The van der Waals surface area contributed by atoms with Gasteiger partial charge >= 0.3 is 0 Å². The zero-order valence-electron chi connectivity index (χ0n) is 27.4. The molecule has 0 saturated carbocycles. The molecule has 2 aliphatic heterocycles. The predicted octanol–water partition coefficient (Wildman–Crippen LogP) is 1.76. The number of benzene rings is 3. The molecule has 48 heavy (non-hydrogen) atoms. The Morgan fingerprint density at radius 1 is 0.521 bits per heavy atom. The summed E-state index contributed by atoms with van der Waals surface area (Å²) in [6.07, 6.45) is 5.30. The van der Waals surface area contributed by atoms with Crippen LogP contribution in [-0.2, 0) is 32.0 Å². The largest absolute Gasteiger partial charge is 0.548 e. The first kappa shape index (κ1) is 34.5. The first-order valence-electron chi connectivity index (χ1n) is 16.9. The van der Waals surface area contributed by atoms with Crippen LogP contribution >= 0.6 is 0 Å². The van der Waals surface area contributed by atoms with E-state index in [4.69, 9.17) is 0 Å². The molecule has 10 heteroatoms. The highest BCUT2D eigenvalue weighted by atomic mass is 16.4. The quantitative estimate of drug-likeness (QED) is 0.258. The first-order valence-corrected chi connectivity index (χ1v) is 16.9. The molecule has 2 heterocycles. The Morgan fingerprint density at radius 2 is 0.854 bits per heavy atom. The van der Waals surface area contributed by atoms with E-state index in [-0.39, 0.29) is 24.9 Å². The SMILES string of the molecule is O=C([O-])CN(CC(=O)N1CCC(Cc2ccccc2)CC1)c1ccccc1N(CC(=O)[O-])CC(=O)N1CCC(Cc2ccccc2)CC1. The molecule has 0 aliphatic carbocycles. The molecule has 3 aromatic carbocycles. The van der Waals surface area contributed by atoms with E-state index in [1.807, 2.05) is 36.4 Å². The number of hydrogen-bond donors (Lipinski definition) is 0. The summed E-state index contributed by atoms with van der Waals surface area (Å²) in [6, 6.07) is 27.2. The number of piperidine rings is 2. The average Bonchev–Trinajstić information content (AvgIpc) is 3.09. The van der Waals surface area contributed by atoms with Gasteiger partial charge in [-0.15, -0.1) is 0 Å². The molecule has 2 amide bonds. The summed E-state index contributed by atoms with van der Waals surface area (Å²) in [5.41, 5.74) is 3.21. The second-order valence-corrected chi connectivity index (χ2v) is 13.0. The molecule has 0 radical (unpaired) electrons. The molecule has 2 saturated heterocycles. The van der Waals surface area contributed by atoms with E-state index in [2.05, 4.69) is 24.3 Å². The third-order valence-electron chi connectivity index (χ3n) is 9.52. The molecule has 0 unspecified atom stereocenters. The molecular formula is C38H44N4O6-2. The van der Waals surface area contributed by atoms with Crippen molar-refractivity contribution in [2.24, 2.45) is 11.8 Å². The van der Waals surface area contributed by atoms with Crippen LogP contribution in [0.2, 0.25) is 0 Å². The Balaban J connectivity index is 1.24. The highest BCUT2D eigenvalue weighted by molar-refractivity contribution is 5.90. The number of amides is 2. The van der Waals surface area contributed by atoms with E-state index in [0.717, 1.165) is 38.5 Å². The fourth-order valence-corrected chi connectivity index (χ4v) is 6.96. The Morgan fingerprint density at radius 3 is 1.19 bits per heavy atom. The number of hydrogen-bond acceptors (Lipinski definition) is 8. The van der Waals surface area contributed by atoms with Crippen molar-refractivity contribution in [3.63, 3.8) is 0 Å². The van der Waals surface area contributed by atoms with Gasteiger partial charge < -0.3 is 39.4 Å². The Labute approximate surface area is 282 Å². The minimum Gasteiger partial charge on any atom is -0.548 e. The van der Waals surface area contributed by atoms with Gasteiger partial charge in [-0.1, -0.05) is 72.8 Å². The van der Waals surface area contributed by atoms with Crippen molar-refractivity contribution in [3.8, 4) is 0 Å². The van der Waals surface area contributed by atoms with Crippen LogP contribution in [-0.4, -0.2) is 85.9 Å². The van der Waals surface area contributed by atoms with Crippen LogP contribution in [0.5, 0.6) is 0 Å². The molecule has 0 aromatic heterocycles. The Bertz CT molecular complexity index is 1400. The van der Waals surface area contributed by atoms with Crippen molar-refractivity contribution in [1.29, 1.82) is 0 Å². The monoisotopic (exact) mass is 652 g/mol. The summed E-state index contributed by atoms with van der Waals surface area (Å²) >= 11 is 0. The van der Waals surface area contributed by atoms with Gasteiger partial charge in [-0.25, -0.2) is 0 Å². The number of carbonyl (C=O) groups is 4. The van der Waals surface area contributed by atoms with Gasteiger partial charge in [0.1, 0.15) is 0 Å². The lowest BCUT2D eigenvalue weighted by atomic mass is 9.90. The van der Waals surface area contributed by atoms with Gasteiger partial charge in [0.2, 0.25) is 11.8 Å². The zero-order chi connectivity index (χ0) is 33.9. The van der Waals surface area contributed by atoms with E-state index in [0.29, 0.717) is 49.4 Å². The van der Waals surface area contributed by atoms with Crippen molar-refractivity contribution < 1.29 is 29.4 Å². The van der Waals surface area contributed by atoms with E-state index in [9.17, 15) is 29.4 Å². The maximum absolute atomic E-state index is 13.5. The number of para-hydroxylation sites is 2. The maximum atomic E-state index is 13.5. The highest BCUT2D eigenvalue weighted by Crippen LogP contribution is 2.30. The van der Waals surface area contributed by atoms with Crippen LogP contribution in [0.3, 0.4) is 0 Å². The van der Waals surface area contributed by atoms with E-state index in [1.165, 1.54) is 20.9 Å². The number of rotatable bonds is 14. The van der Waals surface area contributed by atoms with E-state index < -0.39 is 25.0 Å². The molecule has 2 fully saturated rings. The predicted molar refractivity (Wildman–Crippen MR) is 180 cm³/mol. The minimum atomic E-state index is -1.37. The molecule has 0 N–H and O–H groups in total. The number of anilines is 2. The molecule has 0 bridgehead atoms. The van der Waals surface area contributed by atoms with Gasteiger partial charge in [-0.05, 0) is 73.6 Å². The summed E-state index contributed by atoms with van der Waals surface area (Å²) in [4.78, 5) is 57.1. The Hall–Kier alpha value is -4.86. The second kappa shape index (κ2) is 16.8. The van der Waals surface area contributed by atoms with Gasteiger partial charge in [0, 0.05) is 26.2 Å². The summed E-state index contributed by atoms with van der Waals surface area (Å²) in [5.74, 6) is -2.26. The average molecular weight is 653 g/mol. The van der Waals surface area contributed by atoms with Gasteiger partial charge in [0.15, 0.2) is 0 Å². The van der Waals surface area contributed by atoms with Crippen LogP contribution in [0.25, 0.3) is 0 Å². The molecule has 0 atom stereocenters. The van der Waals surface area contributed by atoms with Crippen molar-refractivity contribution in [2.45, 2.75) is 38.5 Å². The number of carbonyl (C=O) groups excluding carboxylic acids is 4. The summed E-state index contributed by atoms with van der Waals surface area (Å²) in [7, 11) is 0. The number of likely N-dealkylation sites (tertiary alicyclic amines) is 2. The van der Waals surface area contributed by atoms with Crippen LogP contribution in [0.15, 0.2) is 84.9 Å². The molecule has 5 rings (SSSR count). The topological polar surface area (TPSA) is 127 Å². The summed E-state index contributed by atoms with van der Waals surface area (Å²) < 4.78 is 0. The summed E-state index contributed by atoms with van der Waals surface area (Å²) in [5, 5.41) is 23.8. The maximum Gasteiger partial charge on any atom is 0.242 e. The molecule has 10 nitrogen and oxygen atoms in total. The first-order chi connectivity index (χ1) is 23.2. The van der Waals surface area contributed by atoms with Crippen molar-refractivity contribution in [3.05, 3.63) is 96.1 Å². The second-order valence-electron chi connectivity index (χ2n) is 13.0. The zero-order valence-corrected chi connectivity index (χ0v) is 27.4. The lowest BCUT2D eigenvalue weighted by Crippen LogP contribution is -2.49. The van der Waals surface area contributed by atoms with E-state index >= 15 is 0 Å². The number of nitrogens with zero attached hydrogens (tertiary/aromatic N) is 4. The lowest BCUT2D eigenvalue weighted by Gasteiger charge is -2.37. The normalized spacial score (nSPS) is 15.6. The number of carboxylic acid groups (broad SMARTS) is 2. The molecule has 0 spiro atoms. The lowest BCUT2D eigenvalue weighted by molar-refractivity contribution is -0.304. The fraction of sp³-hybridized carbons (Fsp3) is 0.421. The van der Waals surface area contributed by atoms with Crippen molar-refractivity contribution in [1.82, 2.24) is 9.80 Å². The van der Waals surface area contributed by atoms with Crippen molar-refractivity contribution in [2.75, 3.05) is 62.2 Å². The van der Waals surface area contributed by atoms with Gasteiger partial charge in [0.05, 0.1) is 49.5 Å². The standard InChI is InChI=1S/C38H46N4O6/c43-35(39-19-15-31(16-20-39)23-29-9-3-1-4-10-29)25-41(27-37(45)46)33-13-7-8-14-34(33)42(28-38(47)48)26-36(44)40-21-17-32(18-22-40)24-30-11-5-2-6-12-30/h1-14,31-32H,15-28H2,(H,45,46)(H,47,48)/p-2. The molecule has 2 aliphatic rings. The third-order valence-corrected chi connectivity index (χ3v) is 9.52. The number of aliphatic carboxylic acids is 2. The smallest absolute Gasteiger partial charge is 0.242 e. The Kier molecular flexibility index (Phi) is 12.1. The highest BCUT2D eigenvalue weighted by Gasteiger charge is 2.28. The molecular weight excluding hydrogens is 608 g/mol. The van der Waals surface area contributed by atoms with E-state index in [1.54, 1.807) is 34.1 Å². The fourth-order valence-electron chi connectivity index (χ4n) is 6.96. The minimum absolute atomic E-state index is 0.217. The van der Waals surface area contributed by atoms with Crippen LogP contribution in [0.1, 0.15) is 36.8 Å². The van der Waals surface area contributed by atoms with Gasteiger partial charge in [-0.2, -0.15) is 0 Å². The summed E-state index contributed by atoms with van der Waals surface area (Å²) in [6.45, 7) is 0.696. The molecule has 254 valence electrons. The third kappa shape index (κ3) is 9.82.